The van der Waals surface area contributed by atoms with Gasteiger partial charge in [-0.1, -0.05) is 6.92 Å². The standard InChI is InChI=1S/C21H21FN4O4S/c1-2-20(27)25-17-7-9-18(10-8-17)31(29,30)24-11-12-26-14-23-19(13-21(26)28)15-3-5-16(22)6-4-15/h3-10,13-14,24H,2,11-12H2,1H3,(H,25,27). The molecule has 0 aliphatic carbocycles. The topological polar surface area (TPSA) is 110 Å². The predicted octanol–water partition coefficient (Wildman–Crippen LogP) is 2.38. The lowest BCUT2D eigenvalue weighted by atomic mass is 10.1. The molecular formula is C21H21FN4O4S. The molecule has 0 aliphatic rings. The molecule has 0 unspecified atom stereocenters. The fourth-order valence-corrected chi connectivity index (χ4v) is 3.74. The van der Waals surface area contributed by atoms with Crippen LogP contribution in [0.1, 0.15) is 13.3 Å². The molecule has 1 heterocycles. The van der Waals surface area contributed by atoms with Crippen LogP contribution in [0.4, 0.5) is 10.1 Å². The Hall–Kier alpha value is -3.37. The van der Waals surface area contributed by atoms with Crippen LogP contribution in [0, 0.1) is 5.82 Å². The van der Waals surface area contributed by atoms with Gasteiger partial charge in [0.1, 0.15) is 5.82 Å². The van der Waals surface area contributed by atoms with Gasteiger partial charge in [0.2, 0.25) is 15.9 Å². The third-order valence-corrected chi connectivity index (χ3v) is 5.91. The van der Waals surface area contributed by atoms with Crippen molar-refractivity contribution in [3.63, 3.8) is 0 Å². The Balaban J connectivity index is 1.62. The summed E-state index contributed by atoms with van der Waals surface area (Å²) in [5.74, 6) is -0.553. The summed E-state index contributed by atoms with van der Waals surface area (Å²) in [6.45, 7) is 1.78. The molecule has 0 atom stereocenters. The maximum Gasteiger partial charge on any atom is 0.253 e. The van der Waals surface area contributed by atoms with E-state index in [2.05, 4.69) is 15.0 Å². The number of hydrogen-bond acceptors (Lipinski definition) is 5. The first-order valence-corrected chi connectivity index (χ1v) is 11.0. The Labute approximate surface area is 178 Å². The number of nitrogens with zero attached hydrogens (tertiary/aromatic N) is 2. The fraction of sp³-hybridized carbons (Fsp3) is 0.190. The molecule has 0 aliphatic heterocycles. The zero-order valence-corrected chi connectivity index (χ0v) is 17.5. The van der Waals surface area contributed by atoms with Crippen molar-refractivity contribution < 1.29 is 17.6 Å². The lowest BCUT2D eigenvalue weighted by Gasteiger charge is -2.10. The quantitative estimate of drug-likeness (QED) is 0.554. The molecular weight excluding hydrogens is 423 g/mol. The molecule has 3 aromatic rings. The third kappa shape index (κ3) is 5.83. The van der Waals surface area contributed by atoms with Gasteiger partial charge >= 0.3 is 0 Å². The highest BCUT2D eigenvalue weighted by atomic mass is 32.2. The molecule has 0 fully saturated rings. The van der Waals surface area contributed by atoms with Crippen molar-refractivity contribution in [2.24, 2.45) is 0 Å². The Morgan fingerprint density at radius 2 is 1.77 bits per heavy atom. The highest BCUT2D eigenvalue weighted by Gasteiger charge is 2.14. The van der Waals surface area contributed by atoms with Crippen molar-refractivity contribution >= 4 is 21.6 Å². The van der Waals surface area contributed by atoms with Gasteiger partial charge in [-0.15, -0.1) is 0 Å². The van der Waals surface area contributed by atoms with Gasteiger partial charge in [0, 0.05) is 36.8 Å². The van der Waals surface area contributed by atoms with Crippen LogP contribution in [0.25, 0.3) is 11.3 Å². The van der Waals surface area contributed by atoms with E-state index in [1.165, 1.54) is 65.5 Å². The molecule has 31 heavy (non-hydrogen) atoms. The minimum Gasteiger partial charge on any atom is -0.326 e. The van der Waals surface area contributed by atoms with E-state index in [1.54, 1.807) is 6.92 Å². The number of carbonyl (C=O) groups is 1. The van der Waals surface area contributed by atoms with E-state index in [9.17, 15) is 22.4 Å². The highest BCUT2D eigenvalue weighted by Crippen LogP contribution is 2.15. The lowest BCUT2D eigenvalue weighted by Crippen LogP contribution is -2.30. The van der Waals surface area contributed by atoms with Crippen molar-refractivity contribution in [2.45, 2.75) is 24.8 Å². The second-order valence-corrected chi connectivity index (χ2v) is 8.40. The fourth-order valence-electron chi connectivity index (χ4n) is 2.72. The van der Waals surface area contributed by atoms with Crippen LogP contribution in [0.5, 0.6) is 0 Å². The number of rotatable bonds is 8. The van der Waals surface area contributed by atoms with Crippen LogP contribution in [-0.4, -0.2) is 30.4 Å². The summed E-state index contributed by atoms with van der Waals surface area (Å²) in [7, 11) is -3.78. The number of nitrogens with one attached hydrogen (secondary N) is 2. The summed E-state index contributed by atoms with van der Waals surface area (Å²) < 4.78 is 41.6. The van der Waals surface area contributed by atoms with E-state index < -0.39 is 10.0 Å². The van der Waals surface area contributed by atoms with Gasteiger partial charge in [-0.05, 0) is 48.5 Å². The number of hydrogen-bond donors (Lipinski definition) is 2. The molecule has 0 saturated carbocycles. The normalized spacial score (nSPS) is 11.3. The average Bonchev–Trinajstić information content (AvgIpc) is 2.75. The maximum atomic E-state index is 13.0. The van der Waals surface area contributed by atoms with Crippen LogP contribution in [0.2, 0.25) is 0 Å². The Kier molecular flexibility index (Phi) is 6.93. The molecule has 0 saturated heterocycles. The van der Waals surface area contributed by atoms with E-state index in [4.69, 9.17) is 0 Å². The Morgan fingerprint density at radius 3 is 2.39 bits per heavy atom. The molecule has 0 radical (unpaired) electrons. The summed E-state index contributed by atoms with van der Waals surface area (Å²) in [4.78, 5) is 27.9. The first-order chi connectivity index (χ1) is 14.8. The smallest absolute Gasteiger partial charge is 0.253 e. The zero-order chi connectivity index (χ0) is 22.4. The molecule has 2 N–H and O–H groups in total. The lowest BCUT2D eigenvalue weighted by molar-refractivity contribution is -0.115. The van der Waals surface area contributed by atoms with Crippen molar-refractivity contribution in [3.05, 3.63) is 77.1 Å². The van der Waals surface area contributed by atoms with Gasteiger partial charge in [-0.2, -0.15) is 0 Å². The minimum atomic E-state index is -3.78. The van der Waals surface area contributed by atoms with Crippen LogP contribution < -0.4 is 15.6 Å². The summed E-state index contributed by atoms with van der Waals surface area (Å²) in [6, 6.07) is 12.7. The largest absolute Gasteiger partial charge is 0.326 e. The number of benzene rings is 2. The van der Waals surface area contributed by atoms with Gasteiger partial charge in [0.05, 0.1) is 16.9 Å². The Bertz CT molecular complexity index is 1220. The zero-order valence-electron chi connectivity index (χ0n) is 16.7. The number of aromatic nitrogens is 2. The molecule has 1 amide bonds. The van der Waals surface area contributed by atoms with Gasteiger partial charge in [0.15, 0.2) is 0 Å². The predicted molar refractivity (Wildman–Crippen MR) is 114 cm³/mol. The Morgan fingerprint density at radius 1 is 1.10 bits per heavy atom. The molecule has 1 aromatic heterocycles. The van der Waals surface area contributed by atoms with Gasteiger partial charge in [0.25, 0.3) is 5.56 Å². The van der Waals surface area contributed by atoms with Crippen molar-refractivity contribution in [3.8, 4) is 11.3 Å². The highest BCUT2D eigenvalue weighted by molar-refractivity contribution is 7.89. The van der Waals surface area contributed by atoms with Crippen LogP contribution >= 0.6 is 0 Å². The van der Waals surface area contributed by atoms with E-state index >= 15 is 0 Å². The second-order valence-electron chi connectivity index (χ2n) is 6.64. The van der Waals surface area contributed by atoms with Gasteiger partial charge in [-0.25, -0.2) is 22.5 Å². The molecule has 3 rings (SSSR count). The first kappa shape index (κ1) is 22.3. The maximum absolute atomic E-state index is 13.0. The summed E-state index contributed by atoms with van der Waals surface area (Å²) >= 11 is 0. The molecule has 8 nitrogen and oxygen atoms in total. The average molecular weight is 444 g/mol. The molecule has 0 bridgehead atoms. The number of carbonyl (C=O) groups excluding carboxylic acids is 1. The van der Waals surface area contributed by atoms with Crippen LogP contribution in [0.3, 0.4) is 0 Å². The molecule has 10 heteroatoms. The van der Waals surface area contributed by atoms with E-state index in [0.29, 0.717) is 23.4 Å². The summed E-state index contributed by atoms with van der Waals surface area (Å²) in [5.41, 5.74) is 1.15. The van der Waals surface area contributed by atoms with Crippen LogP contribution in [0.15, 0.2) is 70.6 Å². The summed E-state index contributed by atoms with van der Waals surface area (Å²) in [5, 5.41) is 2.64. The third-order valence-electron chi connectivity index (χ3n) is 4.43. The molecule has 2 aromatic carbocycles. The molecule has 162 valence electrons. The number of anilines is 1. The first-order valence-electron chi connectivity index (χ1n) is 9.50. The van der Waals surface area contributed by atoms with E-state index in [-0.39, 0.29) is 35.3 Å². The SMILES string of the molecule is CCC(=O)Nc1ccc(S(=O)(=O)NCCn2cnc(-c3ccc(F)cc3)cc2=O)cc1. The molecule has 0 spiro atoms. The van der Waals surface area contributed by atoms with E-state index in [1.807, 2.05) is 0 Å². The summed E-state index contributed by atoms with van der Waals surface area (Å²) in [6.07, 6.45) is 1.64. The number of halogens is 1. The van der Waals surface area contributed by atoms with Gasteiger partial charge in [-0.3, -0.25) is 14.2 Å². The number of amides is 1. The minimum absolute atomic E-state index is 0.0197. The van der Waals surface area contributed by atoms with Crippen molar-refractivity contribution in [2.75, 3.05) is 11.9 Å². The van der Waals surface area contributed by atoms with Gasteiger partial charge < -0.3 is 5.32 Å². The number of sulfonamides is 1. The van der Waals surface area contributed by atoms with Crippen molar-refractivity contribution in [1.29, 1.82) is 0 Å². The van der Waals surface area contributed by atoms with Crippen molar-refractivity contribution in [1.82, 2.24) is 14.3 Å². The van der Waals surface area contributed by atoms with E-state index in [0.717, 1.165) is 0 Å². The monoisotopic (exact) mass is 444 g/mol. The van der Waals surface area contributed by atoms with Crippen LogP contribution in [-0.2, 0) is 21.4 Å². The second kappa shape index (κ2) is 9.63.